The number of carbonyl (C=O) groups excluding carboxylic acids is 1. The van der Waals surface area contributed by atoms with Gasteiger partial charge in [-0.1, -0.05) is 27.4 Å². The van der Waals surface area contributed by atoms with Gasteiger partial charge in [0.05, 0.1) is 11.1 Å². The predicted molar refractivity (Wildman–Crippen MR) is 104 cm³/mol. The molecule has 23 heavy (non-hydrogen) atoms. The molecular weight excluding hydrogens is 371 g/mol. The summed E-state index contributed by atoms with van der Waals surface area (Å²) in [6.45, 7) is 16.1. The van der Waals surface area contributed by atoms with Crippen molar-refractivity contribution in [2.45, 2.75) is 38.9 Å². The van der Waals surface area contributed by atoms with E-state index in [1.54, 1.807) is 11.0 Å². The molecule has 0 spiro atoms. The van der Waals surface area contributed by atoms with Crippen LogP contribution in [0.4, 0.5) is 5.82 Å². The normalized spacial score (nSPS) is 11.9. The molecule has 0 amide bonds. The predicted octanol–water partition coefficient (Wildman–Crippen LogP) is 4.04. The quantitative estimate of drug-likeness (QED) is 0.378. The maximum Gasteiger partial charge on any atom is 0.330 e. The van der Waals surface area contributed by atoms with Crippen LogP contribution in [0.3, 0.4) is 0 Å². The van der Waals surface area contributed by atoms with Gasteiger partial charge in [-0.2, -0.15) is 0 Å². The molecule has 1 aromatic heterocycles. The van der Waals surface area contributed by atoms with Gasteiger partial charge in [0.15, 0.2) is 8.32 Å². The van der Waals surface area contributed by atoms with E-state index in [1.165, 1.54) is 7.41 Å². The Morgan fingerprint density at radius 1 is 1.52 bits per heavy atom. The maximum atomic E-state index is 10.9. The molecule has 0 aliphatic carbocycles. The van der Waals surface area contributed by atoms with E-state index < -0.39 is 8.32 Å². The number of halogens is 1. The van der Waals surface area contributed by atoms with Crippen molar-refractivity contribution in [3.63, 3.8) is 0 Å². The van der Waals surface area contributed by atoms with Gasteiger partial charge in [0.2, 0.25) is 0 Å². The monoisotopic (exact) mass is 395 g/mol. The summed E-state index contributed by atoms with van der Waals surface area (Å²) in [7, 11) is -0.348. The van der Waals surface area contributed by atoms with Gasteiger partial charge in [-0.15, -0.1) is 0 Å². The number of carbonyl (C=O) groups is 1. The smallest absolute Gasteiger partial charge is 0.330 e. The van der Waals surface area contributed by atoms with Gasteiger partial charge in [0, 0.05) is 12.7 Å². The van der Waals surface area contributed by atoms with Gasteiger partial charge in [-0.25, -0.2) is 4.98 Å². The minimum absolute atomic E-state index is 0.159. The molecule has 0 unspecified atom stereocenters. The first kappa shape index (κ1) is 20.1. The lowest BCUT2D eigenvalue weighted by Gasteiger charge is -2.36. The standard InChI is InChI=1S/C16H25BBrN2O2Si/c1-13(11-22-23(5,6)16(2,3)4)10-20(17-12-21)15-14(18)8-7-9-19-15/h7-9,12H,1,10-11H2,2-6H3. The van der Waals surface area contributed by atoms with E-state index in [0.717, 1.165) is 16.2 Å². The van der Waals surface area contributed by atoms with Crippen molar-refractivity contribution in [1.29, 1.82) is 0 Å². The molecule has 0 aromatic carbocycles. The zero-order valence-corrected chi connectivity index (χ0v) is 17.2. The summed E-state index contributed by atoms with van der Waals surface area (Å²) >= 11 is 3.46. The summed E-state index contributed by atoms with van der Waals surface area (Å²) in [5.41, 5.74) is 0.908. The molecule has 0 aliphatic rings. The van der Waals surface area contributed by atoms with Crippen LogP contribution >= 0.6 is 15.9 Å². The highest BCUT2D eigenvalue weighted by Crippen LogP contribution is 2.36. The molecule has 1 heterocycles. The van der Waals surface area contributed by atoms with E-state index in [-0.39, 0.29) is 5.04 Å². The van der Waals surface area contributed by atoms with Crippen LogP contribution in [-0.4, -0.2) is 40.1 Å². The Morgan fingerprint density at radius 2 is 2.17 bits per heavy atom. The van der Waals surface area contributed by atoms with Gasteiger partial charge in [0.1, 0.15) is 12.0 Å². The Kier molecular flexibility index (Phi) is 7.23. The lowest BCUT2D eigenvalue weighted by atomic mass is 9.93. The molecule has 1 aromatic rings. The molecule has 1 rings (SSSR count). The second-order valence-electron chi connectivity index (χ2n) is 7.02. The first-order valence-corrected chi connectivity index (χ1v) is 11.2. The fourth-order valence-corrected chi connectivity index (χ4v) is 3.13. The van der Waals surface area contributed by atoms with E-state index in [4.69, 9.17) is 4.43 Å². The highest BCUT2D eigenvalue weighted by molar-refractivity contribution is 9.10. The maximum absolute atomic E-state index is 10.9. The second kappa shape index (κ2) is 8.26. The Bertz CT molecular complexity index is 561. The summed E-state index contributed by atoms with van der Waals surface area (Å²) in [6.07, 6.45) is 2.45. The van der Waals surface area contributed by atoms with E-state index in [9.17, 15) is 4.79 Å². The molecule has 0 atom stereocenters. The van der Waals surface area contributed by atoms with Crippen LogP contribution in [-0.2, 0) is 9.22 Å². The van der Waals surface area contributed by atoms with Gasteiger partial charge in [0.25, 0.3) is 0 Å². The summed E-state index contributed by atoms with van der Waals surface area (Å²) in [5.74, 6) is 0.688. The number of aromatic nitrogens is 1. The van der Waals surface area contributed by atoms with Gasteiger partial charge >= 0.3 is 7.41 Å². The topological polar surface area (TPSA) is 42.4 Å². The number of pyridine rings is 1. The van der Waals surface area contributed by atoms with E-state index in [1.807, 2.05) is 12.1 Å². The third-order valence-corrected chi connectivity index (χ3v) is 9.19. The summed E-state index contributed by atoms with van der Waals surface area (Å²) in [5, 5.41) is 0.159. The highest BCUT2D eigenvalue weighted by Gasteiger charge is 2.37. The average molecular weight is 396 g/mol. The summed E-state index contributed by atoms with van der Waals surface area (Å²) in [4.78, 5) is 17.0. The Balaban J connectivity index is 2.73. The first-order chi connectivity index (χ1) is 10.6. The molecule has 1 radical (unpaired) electrons. The summed E-state index contributed by atoms with van der Waals surface area (Å²) < 4.78 is 7.01. The Labute approximate surface area is 149 Å². The highest BCUT2D eigenvalue weighted by atomic mass is 79.9. The van der Waals surface area contributed by atoms with Crippen LogP contribution in [0, 0.1) is 0 Å². The van der Waals surface area contributed by atoms with E-state index in [0.29, 0.717) is 19.0 Å². The molecule has 0 saturated carbocycles. The van der Waals surface area contributed by atoms with Crippen molar-refractivity contribution in [3.05, 3.63) is 35.0 Å². The molecule has 4 nitrogen and oxygen atoms in total. The second-order valence-corrected chi connectivity index (χ2v) is 12.7. The van der Waals surface area contributed by atoms with Gasteiger partial charge in [-0.3, -0.25) is 0 Å². The van der Waals surface area contributed by atoms with Crippen molar-refractivity contribution in [1.82, 2.24) is 4.98 Å². The third-order valence-electron chi connectivity index (χ3n) is 4.09. The fraction of sp³-hybridized carbons (Fsp3) is 0.500. The Hall–Kier alpha value is -0.918. The number of hydrogen-bond acceptors (Lipinski definition) is 4. The van der Waals surface area contributed by atoms with Crippen LogP contribution in [0.15, 0.2) is 35.0 Å². The molecule has 0 fully saturated rings. The van der Waals surface area contributed by atoms with Gasteiger partial charge in [-0.05, 0) is 51.8 Å². The van der Waals surface area contributed by atoms with E-state index in [2.05, 4.69) is 61.4 Å². The molecule has 7 heteroatoms. The molecular formula is C16H25BBrN2O2Si. The van der Waals surface area contributed by atoms with Gasteiger partial charge < -0.3 is 14.0 Å². The van der Waals surface area contributed by atoms with Crippen molar-refractivity contribution < 1.29 is 9.22 Å². The lowest BCUT2D eigenvalue weighted by Crippen LogP contribution is -2.42. The van der Waals surface area contributed by atoms with Crippen LogP contribution in [0.25, 0.3) is 0 Å². The molecule has 125 valence electrons. The minimum atomic E-state index is -1.81. The van der Waals surface area contributed by atoms with E-state index >= 15 is 0 Å². The van der Waals surface area contributed by atoms with Crippen LogP contribution < -0.4 is 4.81 Å². The van der Waals surface area contributed by atoms with Crippen molar-refractivity contribution in [3.8, 4) is 0 Å². The fourth-order valence-electron chi connectivity index (χ4n) is 1.65. The molecule has 0 aliphatic heterocycles. The molecule has 0 saturated heterocycles. The molecule has 0 N–H and O–H groups in total. The number of anilines is 1. The lowest BCUT2D eigenvalue weighted by molar-refractivity contribution is 0.318. The SMILES string of the molecule is C=C(CO[Si](C)(C)C(C)(C)C)CN([B]C=O)c1ncccc1Br. The van der Waals surface area contributed by atoms with Crippen LogP contribution in [0.5, 0.6) is 0 Å². The number of hydrogen-bond donors (Lipinski definition) is 0. The van der Waals surface area contributed by atoms with Crippen molar-refractivity contribution >= 4 is 43.7 Å². The molecule has 0 bridgehead atoms. The minimum Gasteiger partial charge on any atom is -0.413 e. The third kappa shape index (κ3) is 5.90. The van der Waals surface area contributed by atoms with Crippen molar-refractivity contribution in [2.75, 3.05) is 18.0 Å². The van der Waals surface area contributed by atoms with Crippen LogP contribution in [0.1, 0.15) is 20.8 Å². The first-order valence-electron chi connectivity index (χ1n) is 7.55. The Morgan fingerprint density at radius 3 is 2.70 bits per heavy atom. The van der Waals surface area contributed by atoms with Crippen molar-refractivity contribution in [2.24, 2.45) is 0 Å². The average Bonchev–Trinajstić information content (AvgIpc) is 2.44. The summed E-state index contributed by atoms with van der Waals surface area (Å²) in [6, 6.07) is 3.73. The largest absolute Gasteiger partial charge is 0.413 e. The zero-order valence-electron chi connectivity index (χ0n) is 14.6. The van der Waals surface area contributed by atoms with Crippen LogP contribution in [0.2, 0.25) is 18.1 Å². The number of rotatable bonds is 8. The zero-order chi connectivity index (χ0) is 17.7. The number of nitrogens with zero attached hydrogens (tertiary/aromatic N) is 2.